The second-order valence-electron chi connectivity index (χ2n) is 4.27. The van der Waals surface area contributed by atoms with E-state index in [0.29, 0.717) is 10.8 Å². The Morgan fingerprint density at radius 1 is 1.37 bits per heavy atom. The summed E-state index contributed by atoms with van der Waals surface area (Å²) in [6.45, 7) is 1.98. The molecule has 0 bridgehead atoms. The summed E-state index contributed by atoms with van der Waals surface area (Å²) in [5.74, 6) is 0.413. The summed E-state index contributed by atoms with van der Waals surface area (Å²) in [6.07, 6.45) is -5.06. The van der Waals surface area contributed by atoms with E-state index in [0.717, 1.165) is 5.56 Å². The third-order valence-electron chi connectivity index (χ3n) is 2.75. The maximum Gasteiger partial charge on any atom is 0.389 e. The first-order valence-electron chi connectivity index (χ1n) is 6.00. The lowest BCUT2D eigenvalue weighted by molar-refractivity contribution is -0.136. The minimum atomic E-state index is -4.14. The predicted octanol–water partition coefficient (Wildman–Crippen LogP) is 4.34. The Labute approximate surface area is 115 Å². The second kappa shape index (κ2) is 7.01. The Hall–Kier alpha value is -0.940. The van der Waals surface area contributed by atoms with E-state index in [4.69, 9.17) is 16.3 Å². The molecule has 108 valence electrons. The quantitative estimate of drug-likeness (QED) is 0.788. The summed E-state index contributed by atoms with van der Waals surface area (Å²) in [5.41, 5.74) is 0.996. The smallest absolute Gasteiger partial charge is 0.389 e. The fraction of sp³-hybridized carbons (Fsp3) is 0.538. The Balaban J connectivity index is 2.51. The van der Waals surface area contributed by atoms with E-state index in [-0.39, 0.29) is 19.1 Å². The molecule has 1 aromatic carbocycles. The summed E-state index contributed by atoms with van der Waals surface area (Å²) in [5, 5.41) is 3.48. The number of hydrogen-bond acceptors (Lipinski definition) is 2. The zero-order valence-electron chi connectivity index (χ0n) is 10.9. The van der Waals surface area contributed by atoms with Crippen molar-refractivity contribution in [1.29, 1.82) is 0 Å². The first kappa shape index (κ1) is 16.1. The van der Waals surface area contributed by atoms with E-state index < -0.39 is 12.6 Å². The molecule has 0 aliphatic rings. The fourth-order valence-electron chi connectivity index (χ4n) is 1.52. The highest BCUT2D eigenvalue weighted by Gasteiger charge is 2.26. The number of ether oxygens (including phenoxy) is 1. The molecule has 2 nitrogen and oxygen atoms in total. The molecule has 1 atom stereocenters. The fourth-order valence-corrected chi connectivity index (χ4v) is 1.77. The van der Waals surface area contributed by atoms with Gasteiger partial charge in [0.15, 0.2) is 0 Å². The van der Waals surface area contributed by atoms with E-state index in [9.17, 15) is 13.2 Å². The highest BCUT2D eigenvalue weighted by molar-refractivity contribution is 6.32. The summed E-state index contributed by atoms with van der Waals surface area (Å²) in [6, 6.07) is 5.42. The van der Waals surface area contributed by atoms with Crippen LogP contribution in [0.2, 0.25) is 5.02 Å². The maximum absolute atomic E-state index is 12.0. The molecule has 0 spiro atoms. The van der Waals surface area contributed by atoms with Gasteiger partial charge in [0, 0.05) is 12.5 Å². The van der Waals surface area contributed by atoms with Crippen molar-refractivity contribution >= 4 is 11.6 Å². The van der Waals surface area contributed by atoms with Crippen LogP contribution in [0.1, 0.15) is 31.4 Å². The van der Waals surface area contributed by atoms with Crippen LogP contribution in [0, 0.1) is 0 Å². The number of nitrogens with one attached hydrogen (secondary N) is 1. The van der Waals surface area contributed by atoms with Gasteiger partial charge in [-0.15, -0.1) is 0 Å². The molecular weight excluding hydrogens is 279 g/mol. The van der Waals surface area contributed by atoms with Crippen LogP contribution >= 0.6 is 11.6 Å². The van der Waals surface area contributed by atoms with Crippen LogP contribution in [0.5, 0.6) is 5.75 Å². The van der Waals surface area contributed by atoms with Crippen LogP contribution in [-0.4, -0.2) is 19.8 Å². The molecule has 0 aromatic heterocycles. The lowest BCUT2D eigenvalue weighted by Gasteiger charge is -2.13. The van der Waals surface area contributed by atoms with E-state index in [2.05, 4.69) is 5.32 Å². The van der Waals surface area contributed by atoms with Crippen molar-refractivity contribution < 1.29 is 17.9 Å². The summed E-state index contributed by atoms with van der Waals surface area (Å²) >= 11 is 6.02. The normalized spacial score (nSPS) is 13.4. The molecule has 0 fully saturated rings. The molecule has 0 saturated carbocycles. The molecule has 0 amide bonds. The van der Waals surface area contributed by atoms with Gasteiger partial charge in [-0.2, -0.15) is 13.2 Å². The number of alkyl halides is 3. The zero-order valence-corrected chi connectivity index (χ0v) is 11.6. The molecule has 6 heteroatoms. The summed E-state index contributed by atoms with van der Waals surface area (Å²) in [4.78, 5) is 0. The molecule has 0 aliphatic heterocycles. The molecule has 0 aliphatic carbocycles. The van der Waals surface area contributed by atoms with Crippen molar-refractivity contribution in [3.05, 3.63) is 28.8 Å². The number of rotatable bonds is 6. The van der Waals surface area contributed by atoms with Crippen LogP contribution in [0.15, 0.2) is 18.2 Å². The average Bonchev–Trinajstić information content (AvgIpc) is 2.33. The highest BCUT2D eigenvalue weighted by Crippen LogP contribution is 2.28. The molecule has 1 rings (SSSR count). The number of benzene rings is 1. The van der Waals surface area contributed by atoms with E-state index in [1.807, 2.05) is 20.0 Å². The van der Waals surface area contributed by atoms with Crippen molar-refractivity contribution in [2.24, 2.45) is 0 Å². The molecule has 1 aromatic rings. The first-order chi connectivity index (χ1) is 8.83. The van der Waals surface area contributed by atoms with Gasteiger partial charge in [-0.3, -0.25) is 0 Å². The molecule has 1 N–H and O–H groups in total. The number of halogens is 4. The molecule has 0 radical (unpaired) electrons. The van der Waals surface area contributed by atoms with Crippen molar-refractivity contribution in [1.82, 2.24) is 5.32 Å². The Morgan fingerprint density at radius 3 is 2.58 bits per heavy atom. The molecule has 19 heavy (non-hydrogen) atoms. The second-order valence-corrected chi connectivity index (χ2v) is 4.67. The molecule has 1 unspecified atom stereocenters. The van der Waals surface area contributed by atoms with Gasteiger partial charge in [0.1, 0.15) is 5.75 Å². The standard InChI is InChI=1S/C13H17ClF3NO/c1-9(18-2)10-4-5-12(11(14)8-10)19-7-3-6-13(15,16)17/h4-5,8-9,18H,3,6-7H2,1-2H3. The van der Waals surface area contributed by atoms with Gasteiger partial charge in [-0.25, -0.2) is 0 Å². The van der Waals surface area contributed by atoms with E-state index >= 15 is 0 Å². The minimum absolute atomic E-state index is 0.000157. The third-order valence-corrected chi connectivity index (χ3v) is 3.05. The average molecular weight is 296 g/mol. The number of hydrogen-bond donors (Lipinski definition) is 1. The Kier molecular flexibility index (Phi) is 5.94. The van der Waals surface area contributed by atoms with Crippen LogP contribution in [-0.2, 0) is 0 Å². The topological polar surface area (TPSA) is 21.3 Å². The van der Waals surface area contributed by atoms with Gasteiger partial charge in [-0.1, -0.05) is 17.7 Å². The largest absolute Gasteiger partial charge is 0.492 e. The van der Waals surface area contributed by atoms with Gasteiger partial charge in [0.2, 0.25) is 0 Å². The SMILES string of the molecule is CNC(C)c1ccc(OCCCC(F)(F)F)c(Cl)c1. The monoisotopic (exact) mass is 295 g/mol. The van der Waals surface area contributed by atoms with Gasteiger partial charge < -0.3 is 10.1 Å². The van der Waals surface area contributed by atoms with Gasteiger partial charge in [-0.05, 0) is 38.1 Å². The maximum atomic E-state index is 12.0. The Morgan fingerprint density at radius 2 is 2.05 bits per heavy atom. The van der Waals surface area contributed by atoms with Crippen LogP contribution in [0.3, 0.4) is 0 Å². The van der Waals surface area contributed by atoms with E-state index in [1.165, 1.54) is 0 Å². The van der Waals surface area contributed by atoms with Crippen molar-refractivity contribution in [3.8, 4) is 5.75 Å². The van der Waals surface area contributed by atoms with Crippen LogP contribution in [0.25, 0.3) is 0 Å². The Bertz CT molecular complexity index is 409. The summed E-state index contributed by atoms with van der Waals surface area (Å²) in [7, 11) is 1.83. The highest BCUT2D eigenvalue weighted by atomic mass is 35.5. The lowest BCUT2D eigenvalue weighted by atomic mass is 10.1. The van der Waals surface area contributed by atoms with Crippen LogP contribution < -0.4 is 10.1 Å². The molecular formula is C13H17ClF3NO. The van der Waals surface area contributed by atoms with Crippen LogP contribution in [0.4, 0.5) is 13.2 Å². The first-order valence-corrected chi connectivity index (χ1v) is 6.37. The van der Waals surface area contributed by atoms with Gasteiger partial charge in [0.25, 0.3) is 0 Å². The molecule has 0 saturated heterocycles. The zero-order chi connectivity index (χ0) is 14.5. The van der Waals surface area contributed by atoms with Crippen molar-refractivity contribution in [2.75, 3.05) is 13.7 Å². The van der Waals surface area contributed by atoms with Crippen molar-refractivity contribution in [3.63, 3.8) is 0 Å². The van der Waals surface area contributed by atoms with E-state index in [1.54, 1.807) is 12.1 Å². The lowest BCUT2D eigenvalue weighted by Crippen LogP contribution is -2.12. The summed E-state index contributed by atoms with van der Waals surface area (Å²) < 4.78 is 41.1. The predicted molar refractivity (Wildman–Crippen MR) is 69.7 cm³/mol. The molecule has 0 heterocycles. The van der Waals surface area contributed by atoms with Gasteiger partial charge in [0.05, 0.1) is 11.6 Å². The van der Waals surface area contributed by atoms with Crippen molar-refractivity contribution in [2.45, 2.75) is 32.0 Å². The van der Waals surface area contributed by atoms with Gasteiger partial charge >= 0.3 is 6.18 Å². The minimum Gasteiger partial charge on any atom is -0.492 e. The third kappa shape index (κ3) is 5.70.